The summed E-state index contributed by atoms with van der Waals surface area (Å²) in [4.78, 5) is 24.5. The molecule has 0 bridgehead atoms. The average molecular weight is 292 g/mol. The van der Waals surface area contributed by atoms with E-state index in [9.17, 15) is 9.59 Å². The van der Waals surface area contributed by atoms with Crippen LogP contribution in [0.25, 0.3) is 0 Å². The van der Waals surface area contributed by atoms with Crippen LogP contribution in [0, 0.1) is 0 Å². The van der Waals surface area contributed by atoms with Gasteiger partial charge in [-0.05, 0) is 24.1 Å². The lowest BCUT2D eigenvalue weighted by molar-refractivity contribution is -0.158. The van der Waals surface area contributed by atoms with Gasteiger partial charge in [0.15, 0.2) is 0 Å². The van der Waals surface area contributed by atoms with Crippen LogP contribution in [0.3, 0.4) is 0 Å². The fraction of sp³-hybridized carbons (Fsp3) is 0.467. The number of rotatable bonds is 6. The minimum Gasteiger partial charge on any atom is -0.494 e. The minimum absolute atomic E-state index is 0.0672. The molecule has 1 fully saturated rings. The van der Waals surface area contributed by atoms with Crippen LogP contribution in [-0.4, -0.2) is 43.1 Å². The molecule has 1 aromatic carbocycles. The molecule has 1 aromatic rings. The molecule has 2 N–H and O–H groups in total. The third kappa shape index (κ3) is 4.03. The summed E-state index contributed by atoms with van der Waals surface area (Å²) < 4.78 is 10.4. The van der Waals surface area contributed by atoms with Gasteiger partial charge in [-0.15, -0.1) is 0 Å². The van der Waals surface area contributed by atoms with Crippen molar-refractivity contribution in [2.24, 2.45) is 5.73 Å². The van der Waals surface area contributed by atoms with Crippen molar-refractivity contribution < 1.29 is 19.1 Å². The molecule has 2 amide bonds. The predicted octanol–water partition coefficient (Wildman–Crippen LogP) is 0.861. The van der Waals surface area contributed by atoms with E-state index in [-0.39, 0.29) is 31.6 Å². The molecule has 2 rings (SSSR count). The predicted molar refractivity (Wildman–Crippen MR) is 76.7 cm³/mol. The molecule has 21 heavy (non-hydrogen) atoms. The lowest BCUT2D eigenvalue weighted by Crippen LogP contribution is -2.48. The number of hydrogen-bond donors (Lipinski definition) is 1. The van der Waals surface area contributed by atoms with E-state index in [1.807, 2.05) is 31.2 Å². The fourth-order valence-corrected chi connectivity index (χ4v) is 2.06. The van der Waals surface area contributed by atoms with Gasteiger partial charge in [-0.25, -0.2) is 0 Å². The number of morpholine rings is 1. The zero-order chi connectivity index (χ0) is 15.2. The summed E-state index contributed by atoms with van der Waals surface area (Å²) in [5, 5.41) is 0. The summed E-state index contributed by atoms with van der Waals surface area (Å²) in [6, 6.07) is 6.97. The molecule has 0 saturated carbocycles. The van der Waals surface area contributed by atoms with Gasteiger partial charge in [-0.1, -0.05) is 19.1 Å². The lowest BCUT2D eigenvalue weighted by Gasteiger charge is -2.27. The average Bonchev–Trinajstić information content (AvgIpc) is 2.49. The number of nitrogens with zero attached hydrogens (tertiary/aromatic N) is 1. The van der Waals surface area contributed by atoms with Crippen LogP contribution in [0.15, 0.2) is 24.3 Å². The zero-order valence-electron chi connectivity index (χ0n) is 12.1. The smallest absolute Gasteiger partial charge is 0.255 e. The highest BCUT2D eigenvalue weighted by Crippen LogP contribution is 2.18. The first-order chi connectivity index (χ1) is 10.1. The van der Waals surface area contributed by atoms with E-state index in [2.05, 4.69) is 0 Å². The van der Waals surface area contributed by atoms with Gasteiger partial charge in [-0.2, -0.15) is 0 Å². The third-order valence-corrected chi connectivity index (χ3v) is 3.21. The van der Waals surface area contributed by atoms with E-state index < -0.39 is 6.04 Å². The van der Waals surface area contributed by atoms with Gasteiger partial charge >= 0.3 is 0 Å². The molecule has 1 heterocycles. The molecular formula is C15H20N2O4. The Bertz CT molecular complexity index is 485. The van der Waals surface area contributed by atoms with Crippen molar-refractivity contribution in [2.75, 3.05) is 26.4 Å². The van der Waals surface area contributed by atoms with E-state index in [0.29, 0.717) is 6.61 Å². The number of hydrogen-bond acceptors (Lipinski definition) is 5. The Morgan fingerprint density at radius 2 is 1.86 bits per heavy atom. The molecule has 0 aliphatic carbocycles. The molecule has 1 atom stereocenters. The maximum Gasteiger partial charge on any atom is 0.255 e. The summed E-state index contributed by atoms with van der Waals surface area (Å²) in [7, 11) is 0. The van der Waals surface area contributed by atoms with Crippen LogP contribution in [0.1, 0.15) is 24.9 Å². The summed E-state index contributed by atoms with van der Waals surface area (Å²) in [5.41, 5.74) is 6.93. The monoisotopic (exact) mass is 292 g/mol. The van der Waals surface area contributed by atoms with Gasteiger partial charge in [0.25, 0.3) is 11.8 Å². The summed E-state index contributed by atoms with van der Waals surface area (Å²) in [5.74, 6) is 0.0977. The first kappa shape index (κ1) is 15.5. The van der Waals surface area contributed by atoms with Crippen LogP contribution in [0.2, 0.25) is 0 Å². The first-order valence-corrected chi connectivity index (χ1v) is 7.01. The third-order valence-electron chi connectivity index (χ3n) is 3.21. The van der Waals surface area contributed by atoms with Gasteiger partial charge < -0.3 is 15.2 Å². The normalized spacial score (nSPS) is 17.0. The van der Waals surface area contributed by atoms with Gasteiger partial charge in [0, 0.05) is 12.6 Å². The number of benzene rings is 1. The second-order valence-corrected chi connectivity index (χ2v) is 4.91. The molecule has 0 aromatic heterocycles. The number of nitrogens with two attached hydrogens (primary N) is 1. The number of carbonyl (C=O) groups excluding carboxylic acids is 2. The molecular weight excluding hydrogens is 272 g/mol. The van der Waals surface area contributed by atoms with E-state index in [4.69, 9.17) is 15.2 Å². The maximum absolute atomic E-state index is 11.6. The highest BCUT2D eigenvalue weighted by Gasteiger charge is 2.28. The van der Waals surface area contributed by atoms with Gasteiger partial charge in [0.05, 0.1) is 6.61 Å². The van der Waals surface area contributed by atoms with Gasteiger partial charge in [-0.3, -0.25) is 14.5 Å². The van der Waals surface area contributed by atoms with Crippen molar-refractivity contribution in [3.63, 3.8) is 0 Å². The topological polar surface area (TPSA) is 81.9 Å². The Morgan fingerprint density at radius 3 is 2.43 bits per heavy atom. The van der Waals surface area contributed by atoms with Crippen LogP contribution < -0.4 is 10.5 Å². The molecule has 0 radical (unpaired) electrons. The van der Waals surface area contributed by atoms with E-state index >= 15 is 0 Å². The van der Waals surface area contributed by atoms with Crippen molar-refractivity contribution in [1.82, 2.24) is 4.90 Å². The van der Waals surface area contributed by atoms with Crippen molar-refractivity contribution in [3.05, 3.63) is 29.8 Å². The SMILES string of the molecule is CCCOc1ccc(C(N)CN2C(=O)COCC2=O)cc1. The molecule has 1 aliphatic heterocycles. The van der Waals surface area contributed by atoms with E-state index in [1.165, 1.54) is 0 Å². The molecule has 6 nitrogen and oxygen atoms in total. The Labute approximate surface area is 123 Å². The zero-order valence-corrected chi connectivity index (χ0v) is 12.1. The second kappa shape index (κ2) is 7.19. The molecule has 1 aliphatic rings. The Hall–Kier alpha value is -1.92. The standard InChI is InChI=1S/C15H20N2O4/c1-2-7-21-12-5-3-11(4-6-12)13(16)8-17-14(18)9-20-10-15(17)19/h3-6,13H,2,7-10,16H2,1H3. The number of carbonyl (C=O) groups is 2. The number of ether oxygens (including phenoxy) is 2. The Morgan fingerprint density at radius 1 is 1.24 bits per heavy atom. The number of amides is 2. The largest absolute Gasteiger partial charge is 0.494 e. The van der Waals surface area contributed by atoms with Crippen LogP contribution >= 0.6 is 0 Å². The van der Waals surface area contributed by atoms with Gasteiger partial charge in [0.1, 0.15) is 19.0 Å². The van der Waals surface area contributed by atoms with Crippen LogP contribution in [0.5, 0.6) is 5.75 Å². The Kier molecular flexibility index (Phi) is 5.30. The van der Waals surface area contributed by atoms with Crippen LogP contribution in [0.4, 0.5) is 0 Å². The van der Waals surface area contributed by atoms with E-state index in [1.54, 1.807) is 0 Å². The lowest BCUT2D eigenvalue weighted by atomic mass is 10.1. The van der Waals surface area contributed by atoms with Crippen molar-refractivity contribution in [2.45, 2.75) is 19.4 Å². The quantitative estimate of drug-likeness (QED) is 0.786. The molecule has 114 valence electrons. The second-order valence-electron chi connectivity index (χ2n) is 4.91. The van der Waals surface area contributed by atoms with Crippen molar-refractivity contribution in [1.29, 1.82) is 0 Å². The van der Waals surface area contributed by atoms with E-state index in [0.717, 1.165) is 22.6 Å². The molecule has 1 unspecified atom stereocenters. The maximum atomic E-state index is 11.6. The molecule has 1 saturated heterocycles. The fourth-order valence-electron chi connectivity index (χ4n) is 2.06. The summed E-state index contributed by atoms with van der Waals surface area (Å²) in [6.07, 6.45) is 0.947. The minimum atomic E-state index is -0.420. The Balaban J connectivity index is 1.97. The first-order valence-electron chi connectivity index (χ1n) is 7.01. The van der Waals surface area contributed by atoms with Gasteiger partial charge in [0.2, 0.25) is 0 Å². The van der Waals surface area contributed by atoms with Crippen molar-refractivity contribution in [3.8, 4) is 5.75 Å². The summed E-state index contributed by atoms with van der Waals surface area (Å²) in [6.45, 7) is 2.74. The molecule has 0 spiro atoms. The van der Waals surface area contributed by atoms with Crippen LogP contribution in [-0.2, 0) is 14.3 Å². The summed E-state index contributed by atoms with van der Waals surface area (Å²) >= 11 is 0. The highest BCUT2D eigenvalue weighted by molar-refractivity contribution is 5.98. The van der Waals surface area contributed by atoms with Crippen molar-refractivity contribution >= 4 is 11.8 Å². The highest BCUT2D eigenvalue weighted by atomic mass is 16.5. The molecule has 6 heteroatoms. The number of imide groups is 1.